The van der Waals surface area contributed by atoms with E-state index in [4.69, 9.17) is 5.73 Å². The van der Waals surface area contributed by atoms with Gasteiger partial charge in [-0.05, 0) is 30.2 Å². The number of hydrogen-bond donors (Lipinski definition) is 2. The maximum Gasteiger partial charge on any atom is 0.222 e. The molecule has 0 bridgehead atoms. The highest BCUT2D eigenvalue weighted by Gasteiger charge is 2.32. The van der Waals surface area contributed by atoms with Crippen molar-refractivity contribution in [1.82, 2.24) is 5.32 Å². The first-order valence-electron chi connectivity index (χ1n) is 7.71. The molecule has 1 aliphatic carbocycles. The number of carbonyl (C=O) groups excluding carboxylic acids is 1. The number of nitrogens with one attached hydrogen (secondary N) is 1. The largest absolute Gasteiger partial charge is 0.353 e. The maximum absolute atomic E-state index is 12.1. The summed E-state index contributed by atoms with van der Waals surface area (Å²) in [6.45, 7) is 4.49. The van der Waals surface area contributed by atoms with Gasteiger partial charge in [0.25, 0.3) is 0 Å². The Hall–Kier alpha value is -1.35. The Balaban J connectivity index is 1.84. The minimum atomic E-state index is -0.213. The first kappa shape index (κ1) is 15.0. The van der Waals surface area contributed by atoms with Crippen molar-refractivity contribution in [2.75, 3.05) is 0 Å². The van der Waals surface area contributed by atoms with Gasteiger partial charge in [0.2, 0.25) is 5.91 Å². The zero-order valence-electron chi connectivity index (χ0n) is 12.5. The summed E-state index contributed by atoms with van der Waals surface area (Å²) >= 11 is 0. The molecular weight excluding hydrogens is 248 g/mol. The fourth-order valence-electron chi connectivity index (χ4n) is 3.31. The quantitative estimate of drug-likeness (QED) is 0.867. The van der Waals surface area contributed by atoms with Crippen LogP contribution in [0.4, 0.5) is 0 Å². The molecule has 4 unspecified atom stereocenters. The van der Waals surface area contributed by atoms with Crippen LogP contribution >= 0.6 is 0 Å². The zero-order chi connectivity index (χ0) is 14.5. The molecule has 3 nitrogen and oxygen atoms in total. The Bertz CT molecular complexity index is 432. The molecule has 20 heavy (non-hydrogen) atoms. The minimum Gasteiger partial charge on any atom is -0.353 e. The summed E-state index contributed by atoms with van der Waals surface area (Å²) in [4.78, 5) is 12.1. The first-order valence-corrected chi connectivity index (χ1v) is 7.71. The molecule has 0 aliphatic heterocycles. The van der Waals surface area contributed by atoms with E-state index >= 15 is 0 Å². The SMILES string of the molecule is CCC1CCC(NC(=O)CC(N)c2ccccc2)C1C. The van der Waals surface area contributed by atoms with Crippen LogP contribution in [0.5, 0.6) is 0 Å². The van der Waals surface area contributed by atoms with Crippen molar-refractivity contribution in [1.29, 1.82) is 0 Å². The second-order valence-electron chi connectivity index (χ2n) is 6.00. The topological polar surface area (TPSA) is 55.1 Å². The summed E-state index contributed by atoms with van der Waals surface area (Å²) in [5.74, 6) is 1.41. The summed E-state index contributed by atoms with van der Waals surface area (Å²) in [6, 6.07) is 9.94. The van der Waals surface area contributed by atoms with Crippen LogP contribution in [0.1, 0.15) is 51.1 Å². The monoisotopic (exact) mass is 274 g/mol. The second-order valence-corrected chi connectivity index (χ2v) is 6.00. The van der Waals surface area contributed by atoms with Crippen molar-refractivity contribution in [3.63, 3.8) is 0 Å². The predicted octanol–water partition coefficient (Wildman–Crippen LogP) is 3.02. The van der Waals surface area contributed by atoms with Crippen molar-refractivity contribution in [2.45, 2.75) is 51.6 Å². The number of carbonyl (C=O) groups is 1. The van der Waals surface area contributed by atoms with E-state index in [9.17, 15) is 4.79 Å². The predicted molar refractivity (Wildman–Crippen MR) is 82.1 cm³/mol. The van der Waals surface area contributed by atoms with Crippen molar-refractivity contribution in [3.8, 4) is 0 Å². The van der Waals surface area contributed by atoms with Crippen LogP contribution in [0.3, 0.4) is 0 Å². The highest BCUT2D eigenvalue weighted by molar-refractivity contribution is 5.77. The number of hydrogen-bond acceptors (Lipinski definition) is 2. The molecule has 1 aromatic rings. The summed E-state index contributed by atoms with van der Waals surface area (Å²) in [5, 5.41) is 3.17. The average molecular weight is 274 g/mol. The van der Waals surface area contributed by atoms with Crippen molar-refractivity contribution in [3.05, 3.63) is 35.9 Å². The van der Waals surface area contributed by atoms with Gasteiger partial charge in [0, 0.05) is 18.5 Å². The van der Waals surface area contributed by atoms with Crippen molar-refractivity contribution < 1.29 is 4.79 Å². The normalized spacial score (nSPS) is 27.2. The molecule has 0 radical (unpaired) electrons. The van der Waals surface area contributed by atoms with E-state index in [1.807, 2.05) is 30.3 Å². The van der Waals surface area contributed by atoms with Gasteiger partial charge in [-0.3, -0.25) is 4.79 Å². The molecule has 1 fully saturated rings. The van der Waals surface area contributed by atoms with Crippen LogP contribution in [-0.4, -0.2) is 11.9 Å². The third-order valence-corrected chi connectivity index (χ3v) is 4.73. The molecule has 0 aromatic heterocycles. The molecule has 3 heteroatoms. The average Bonchev–Trinajstić information content (AvgIpc) is 2.80. The van der Waals surface area contributed by atoms with Crippen LogP contribution in [-0.2, 0) is 4.79 Å². The smallest absolute Gasteiger partial charge is 0.222 e. The Morgan fingerprint density at radius 2 is 2.05 bits per heavy atom. The molecule has 1 saturated carbocycles. The Labute approximate surface area is 121 Å². The fourth-order valence-corrected chi connectivity index (χ4v) is 3.31. The van der Waals surface area contributed by atoms with E-state index < -0.39 is 0 Å². The lowest BCUT2D eigenvalue weighted by Crippen LogP contribution is -2.38. The van der Waals surface area contributed by atoms with Gasteiger partial charge in [0.05, 0.1) is 0 Å². The number of rotatable bonds is 5. The van der Waals surface area contributed by atoms with Gasteiger partial charge in [0.1, 0.15) is 0 Å². The van der Waals surface area contributed by atoms with Crippen LogP contribution < -0.4 is 11.1 Å². The van der Waals surface area contributed by atoms with Crippen molar-refractivity contribution in [2.24, 2.45) is 17.6 Å². The van der Waals surface area contributed by atoms with E-state index in [0.717, 1.165) is 17.9 Å². The van der Waals surface area contributed by atoms with Gasteiger partial charge < -0.3 is 11.1 Å². The lowest BCUT2D eigenvalue weighted by Gasteiger charge is -2.22. The third-order valence-electron chi connectivity index (χ3n) is 4.73. The maximum atomic E-state index is 12.1. The van der Waals surface area contributed by atoms with E-state index in [2.05, 4.69) is 19.2 Å². The summed E-state index contributed by atoms with van der Waals surface area (Å²) in [7, 11) is 0. The van der Waals surface area contributed by atoms with Crippen LogP contribution in [0.15, 0.2) is 30.3 Å². The van der Waals surface area contributed by atoms with E-state index in [-0.39, 0.29) is 11.9 Å². The van der Waals surface area contributed by atoms with Gasteiger partial charge in [-0.25, -0.2) is 0 Å². The highest BCUT2D eigenvalue weighted by Crippen LogP contribution is 2.33. The first-order chi connectivity index (χ1) is 9.61. The third kappa shape index (κ3) is 3.60. The minimum absolute atomic E-state index is 0.0787. The van der Waals surface area contributed by atoms with E-state index in [1.165, 1.54) is 12.8 Å². The molecular formula is C17H26N2O. The molecule has 1 aliphatic rings. The molecule has 0 heterocycles. The standard InChI is InChI=1S/C17H26N2O/c1-3-13-9-10-16(12(13)2)19-17(20)11-15(18)14-7-5-4-6-8-14/h4-8,12-13,15-16H,3,9-11,18H2,1-2H3,(H,19,20). The Morgan fingerprint density at radius 3 is 2.65 bits per heavy atom. The van der Waals surface area contributed by atoms with Gasteiger partial charge in [-0.1, -0.05) is 50.6 Å². The summed E-state index contributed by atoms with van der Waals surface area (Å²) in [5.41, 5.74) is 7.12. The highest BCUT2D eigenvalue weighted by atomic mass is 16.1. The molecule has 0 saturated heterocycles. The van der Waals surface area contributed by atoms with Crippen LogP contribution in [0, 0.1) is 11.8 Å². The second kappa shape index (κ2) is 6.89. The Morgan fingerprint density at radius 1 is 1.35 bits per heavy atom. The van der Waals surface area contributed by atoms with Crippen LogP contribution in [0.2, 0.25) is 0 Å². The lowest BCUT2D eigenvalue weighted by molar-refractivity contribution is -0.122. The molecule has 2 rings (SSSR count). The van der Waals surface area contributed by atoms with Gasteiger partial charge in [-0.2, -0.15) is 0 Å². The lowest BCUT2D eigenvalue weighted by atomic mass is 9.93. The summed E-state index contributed by atoms with van der Waals surface area (Å²) < 4.78 is 0. The number of benzene rings is 1. The zero-order valence-corrected chi connectivity index (χ0v) is 12.5. The van der Waals surface area contributed by atoms with Gasteiger partial charge >= 0.3 is 0 Å². The molecule has 1 aromatic carbocycles. The molecule has 110 valence electrons. The molecule has 0 spiro atoms. The van der Waals surface area contributed by atoms with E-state index in [0.29, 0.717) is 18.4 Å². The van der Waals surface area contributed by atoms with Crippen molar-refractivity contribution >= 4 is 5.91 Å². The van der Waals surface area contributed by atoms with Crippen LogP contribution in [0.25, 0.3) is 0 Å². The number of nitrogens with two attached hydrogens (primary N) is 1. The fraction of sp³-hybridized carbons (Fsp3) is 0.588. The van der Waals surface area contributed by atoms with Gasteiger partial charge in [-0.15, -0.1) is 0 Å². The molecule has 1 amide bonds. The van der Waals surface area contributed by atoms with E-state index in [1.54, 1.807) is 0 Å². The summed E-state index contributed by atoms with van der Waals surface area (Å²) in [6.07, 6.45) is 3.90. The Kier molecular flexibility index (Phi) is 5.18. The van der Waals surface area contributed by atoms with Gasteiger partial charge in [0.15, 0.2) is 0 Å². The molecule has 3 N–H and O–H groups in total. The number of amides is 1. The molecule has 4 atom stereocenters.